The summed E-state index contributed by atoms with van der Waals surface area (Å²) in [4.78, 5) is 17.7. The van der Waals surface area contributed by atoms with Gasteiger partial charge >= 0.3 is 0 Å². The summed E-state index contributed by atoms with van der Waals surface area (Å²) in [5.74, 6) is 0.633. The third kappa shape index (κ3) is 5.04. The van der Waals surface area contributed by atoms with Gasteiger partial charge in [-0.25, -0.2) is 4.98 Å². The molecule has 33 heavy (non-hydrogen) atoms. The van der Waals surface area contributed by atoms with Crippen LogP contribution in [0.15, 0.2) is 46.8 Å². The molecule has 5 nitrogen and oxygen atoms in total. The number of nitrogens with one attached hydrogen (secondary N) is 1. The van der Waals surface area contributed by atoms with Gasteiger partial charge in [0.2, 0.25) is 0 Å². The molecule has 0 radical (unpaired) electrons. The quantitative estimate of drug-likeness (QED) is 0.394. The molecule has 0 spiro atoms. The van der Waals surface area contributed by atoms with Gasteiger partial charge in [0.15, 0.2) is 17.3 Å². The highest BCUT2D eigenvalue weighted by molar-refractivity contribution is 8.19. The van der Waals surface area contributed by atoms with Gasteiger partial charge in [0, 0.05) is 11.6 Å². The second kappa shape index (κ2) is 9.93. The predicted molar refractivity (Wildman–Crippen MR) is 136 cm³/mol. The molecule has 3 aromatic rings. The first kappa shape index (κ1) is 23.3. The number of nitrogens with zero attached hydrogens (tertiary/aromatic N) is 1. The summed E-state index contributed by atoms with van der Waals surface area (Å²) in [5, 5.41) is 11.1. The van der Waals surface area contributed by atoms with Crippen LogP contribution in [0.2, 0.25) is 0 Å². The first-order valence-corrected chi connectivity index (χ1v) is 12.4. The van der Waals surface area contributed by atoms with E-state index in [1.807, 2.05) is 36.6 Å². The van der Waals surface area contributed by atoms with Crippen LogP contribution >= 0.6 is 23.1 Å². The molecule has 1 aliphatic heterocycles. The molecule has 1 aliphatic rings. The van der Waals surface area contributed by atoms with Gasteiger partial charge in [-0.1, -0.05) is 35.5 Å². The summed E-state index contributed by atoms with van der Waals surface area (Å²) in [6.07, 6.45) is 3.48. The SMILES string of the molecule is CCOc1cc(/C=C2\SC(=N)[C@H](c3nccs3)C2=O)ccc1OCc1c(C)cc(C)cc1C. The lowest BCUT2D eigenvalue weighted by Crippen LogP contribution is -2.11. The van der Waals surface area contributed by atoms with E-state index in [4.69, 9.17) is 14.9 Å². The Kier molecular flexibility index (Phi) is 7.00. The molecule has 2 heterocycles. The van der Waals surface area contributed by atoms with Gasteiger partial charge in [-0.3, -0.25) is 10.2 Å². The van der Waals surface area contributed by atoms with Crippen molar-refractivity contribution in [1.29, 1.82) is 5.41 Å². The third-order valence-corrected chi connectivity index (χ3v) is 7.30. The number of hydrogen-bond acceptors (Lipinski definition) is 7. The number of rotatable bonds is 7. The number of carbonyl (C=O) groups is 1. The number of thiazole rings is 1. The van der Waals surface area contributed by atoms with Gasteiger partial charge in [0.1, 0.15) is 17.5 Å². The van der Waals surface area contributed by atoms with Crippen molar-refractivity contribution in [2.45, 2.75) is 40.2 Å². The van der Waals surface area contributed by atoms with E-state index in [1.54, 1.807) is 6.20 Å². The molecule has 1 atom stereocenters. The minimum Gasteiger partial charge on any atom is -0.490 e. The van der Waals surface area contributed by atoms with Crippen LogP contribution in [0, 0.1) is 26.2 Å². The van der Waals surface area contributed by atoms with E-state index < -0.39 is 5.92 Å². The number of ether oxygens (including phenoxy) is 2. The molecule has 0 unspecified atom stereocenters. The van der Waals surface area contributed by atoms with Crippen LogP contribution in [0.3, 0.4) is 0 Å². The standard InChI is InChI=1S/C26H26N2O3S2/c1-5-30-21-12-18(13-22-24(29)23(25(27)33-22)26-28-8-9-32-26)6-7-20(21)31-14-19-16(3)10-15(2)11-17(19)4/h6-13,23,27H,5,14H2,1-4H3/b22-13-,27-25?/t23-/m1/s1. The monoisotopic (exact) mass is 478 g/mol. The maximum absolute atomic E-state index is 12.9. The number of aryl methyl sites for hydroxylation is 3. The molecule has 7 heteroatoms. The molecule has 0 saturated carbocycles. The first-order valence-electron chi connectivity index (χ1n) is 10.7. The van der Waals surface area contributed by atoms with E-state index in [0.717, 1.165) is 5.56 Å². The minimum absolute atomic E-state index is 0.0800. The maximum atomic E-state index is 12.9. The molecule has 1 fully saturated rings. The van der Waals surface area contributed by atoms with Crippen LogP contribution in [0.25, 0.3) is 6.08 Å². The first-order chi connectivity index (χ1) is 15.9. The highest BCUT2D eigenvalue weighted by atomic mass is 32.2. The number of Topliss-reactive ketones (excluding diaryl/α,β-unsaturated/α-hetero) is 1. The molecule has 1 saturated heterocycles. The van der Waals surface area contributed by atoms with Crippen molar-refractivity contribution < 1.29 is 14.3 Å². The fourth-order valence-corrected chi connectivity index (χ4v) is 5.74. The van der Waals surface area contributed by atoms with Gasteiger partial charge in [-0.05, 0) is 68.2 Å². The Bertz CT molecular complexity index is 1210. The van der Waals surface area contributed by atoms with Crippen LogP contribution in [-0.4, -0.2) is 22.4 Å². The summed E-state index contributed by atoms with van der Waals surface area (Å²) in [5.41, 5.74) is 5.66. The summed E-state index contributed by atoms with van der Waals surface area (Å²) in [6, 6.07) is 10.0. The molecule has 2 aromatic carbocycles. The number of thioether (sulfide) groups is 1. The van der Waals surface area contributed by atoms with Gasteiger partial charge in [0.25, 0.3) is 0 Å². The zero-order valence-electron chi connectivity index (χ0n) is 19.1. The second-order valence-electron chi connectivity index (χ2n) is 7.95. The Balaban J connectivity index is 1.56. The Labute approximate surface area is 202 Å². The highest BCUT2D eigenvalue weighted by Crippen LogP contribution is 2.41. The average molecular weight is 479 g/mol. The zero-order valence-corrected chi connectivity index (χ0v) is 20.7. The molecule has 0 aliphatic carbocycles. The van der Waals surface area contributed by atoms with Crippen molar-refractivity contribution in [3.63, 3.8) is 0 Å². The van der Waals surface area contributed by atoms with E-state index in [9.17, 15) is 4.79 Å². The Hall–Kier alpha value is -2.90. The summed E-state index contributed by atoms with van der Waals surface area (Å²) in [7, 11) is 0. The summed E-state index contributed by atoms with van der Waals surface area (Å²) in [6.45, 7) is 9.19. The fraction of sp³-hybridized carbons (Fsp3) is 0.269. The number of allylic oxidation sites excluding steroid dienone is 1. The van der Waals surface area contributed by atoms with Crippen molar-refractivity contribution >= 4 is 40.0 Å². The summed E-state index contributed by atoms with van der Waals surface area (Å²) >= 11 is 2.60. The number of hydrogen-bond donors (Lipinski definition) is 1. The molecular weight excluding hydrogens is 452 g/mol. The van der Waals surface area contributed by atoms with Gasteiger partial charge in [0.05, 0.1) is 16.6 Å². The van der Waals surface area contributed by atoms with Crippen molar-refractivity contribution in [2.24, 2.45) is 0 Å². The third-order valence-electron chi connectivity index (χ3n) is 5.46. The van der Waals surface area contributed by atoms with Gasteiger partial charge < -0.3 is 9.47 Å². The maximum Gasteiger partial charge on any atom is 0.186 e. The second-order valence-corrected chi connectivity index (χ2v) is 9.96. The fourth-order valence-electron chi connectivity index (χ4n) is 3.93. The molecule has 0 bridgehead atoms. The van der Waals surface area contributed by atoms with Crippen molar-refractivity contribution in [3.8, 4) is 11.5 Å². The lowest BCUT2D eigenvalue weighted by atomic mass is 10.0. The van der Waals surface area contributed by atoms with E-state index >= 15 is 0 Å². The largest absolute Gasteiger partial charge is 0.490 e. The number of aromatic nitrogens is 1. The van der Waals surface area contributed by atoms with Crippen molar-refractivity contribution in [2.75, 3.05) is 6.61 Å². The van der Waals surface area contributed by atoms with Gasteiger partial charge in [-0.15, -0.1) is 11.3 Å². The number of carbonyl (C=O) groups excluding carboxylic acids is 1. The zero-order chi connectivity index (χ0) is 23.5. The molecule has 1 aromatic heterocycles. The normalized spacial score (nSPS) is 17.1. The Morgan fingerprint density at radius 3 is 2.52 bits per heavy atom. The number of ketones is 1. The van der Waals surface area contributed by atoms with Crippen LogP contribution in [0.5, 0.6) is 11.5 Å². The predicted octanol–water partition coefficient (Wildman–Crippen LogP) is 6.46. The molecule has 1 N–H and O–H groups in total. The summed E-state index contributed by atoms with van der Waals surface area (Å²) < 4.78 is 12.0. The minimum atomic E-state index is -0.587. The topological polar surface area (TPSA) is 72.3 Å². The van der Waals surface area contributed by atoms with Crippen molar-refractivity contribution in [3.05, 3.63) is 79.6 Å². The van der Waals surface area contributed by atoms with E-state index in [0.29, 0.717) is 39.7 Å². The van der Waals surface area contributed by atoms with Crippen molar-refractivity contribution in [1.82, 2.24) is 4.98 Å². The smallest absolute Gasteiger partial charge is 0.186 e. The van der Waals surface area contributed by atoms with E-state index in [1.165, 1.54) is 45.4 Å². The molecule has 170 valence electrons. The van der Waals surface area contributed by atoms with Crippen LogP contribution in [-0.2, 0) is 11.4 Å². The average Bonchev–Trinajstić information content (AvgIpc) is 3.37. The highest BCUT2D eigenvalue weighted by Gasteiger charge is 2.38. The van der Waals surface area contributed by atoms with E-state index in [2.05, 4.69) is 37.9 Å². The number of benzene rings is 2. The lowest BCUT2D eigenvalue weighted by Gasteiger charge is -2.16. The Morgan fingerprint density at radius 1 is 1.09 bits per heavy atom. The van der Waals surface area contributed by atoms with E-state index in [-0.39, 0.29) is 5.78 Å². The lowest BCUT2D eigenvalue weighted by molar-refractivity contribution is -0.114. The van der Waals surface area contributed by atoms with Crippen LogP contribution in [0.4, 0.5) is 0 Å². The Morgan fingerprint density at radius 2 is 1.85 bits per heavy atom. The van der Waals surface area contributed by atoms with Crippen LogP contribution in [0.1, 0.15) is 45.7 Å². The molecule has 0 amide bonds. The van der Waals surface area contributed by atoms with Crippen LogP contribution < -0.4 is 9.47 Å². The van der Waals surface area contributed by atoms with Gasteiger partial charge in [-0.2, -0.15) is 0 Å². The molecule has 4 rings (SSSR count). The molecular formula is C26H26N2O3S2.